The number of halogens is 2. The van der Waals surface area contributed by atoms with E-state index in [1.165, 1.54) is 25.1 Å². The van der Waals surface area contributed by atoms with Crippen LogP contribution in [0.2, 0.25) is 0 Å². The summed E-state index contributed by atoms with van der Waals surface area (Å²) in [5.74, 6) is 0. The first-order chi connectivity index (χ1) is 8.50. The average Bonchev–Trinajstić information content (AvgIpc) is 2.34. The van der Waals surface area contributed by atoms with Gasteiger partial charge in [-0.15, -0.1) is 0 Å². The summed E-state index contributed by atoms with van der Waals surface area (Å²) >= 11 is 0. The summed E-state index contributed by atoms with van der Waals surface area (Å²) < 4.78 is 25.0. The third-order valence-electron chi connectivity index (χ3n) is 2.59. The van der Waals surface area contributed by atoms with E-state index in [9.17, 15) is 18.4 Å². The molecule has 0 saturated carbocycles. The number of nitrogens with one attached hydrogen (secondary N) is 3. The Bertz CT molecular complexity index is 678. The zero-order chi connectivity index (χ0) is 13.3. The zero-order valence-electron chi connectivity index (χ0n) is 9.46. The minimum atomic E-state index is -2.57. The second-order valence-corrected chi connectivity index (χ2v) is 3.90. The van der Waals surface area contributed by atoms with Crippen LogP contribution in [0.4, 0.5) is 14.5 Å². The van der Waals surface area contributed by atoms with Gasteiger partial charge in [-0.25, -0.2) is 8.78 Å². The van der Waals surface area contributed by atoms with Crippen LogP contribution in [0.15, 0.2) is 27.8 Å². The van der Waals surface area contributed by atoms with Crippen molar-refractivity contribution in [2.24, 2.45) is 0 Å². The highest BCUT2D eigenvalue weighted by atomic mass is 19.3. The van der Waals surface area contributed by atoms with E-state index < -0.39 is 23.6 Å². The summed E-state index contributed by atoms with van der Waals surface area (Å²) in [5.41, 5.74) is -0.792. The van der Waals surface area contributed by atoms with Crippen LogP contribution in [-0.4, -0.2) is 22.7 Å². The number of fused-ring (bicyclic) bond motifs is 1. The molecule has 1 atom stereocenters. The molecule has 0 amide bonds. The molecule has 3 N–H and O–H groups in total. The Morgan fingerprint density at radius 1 is 1.17 bits per heavy atom. The van der Waals surface area contributed by atoms with Gasteiger partial charge < -0.3 is 5.32 Å². The van der Waals surface area contributed by atoms with Crippen molar-refractivity contribution in [2.45, 2.75) is 19.4 Å². The molecule has 0 aliphatic heterocycles. The smallest absolute Gasteiger partial charge is 0.272 e. The molecule has 0 radical (unpaired) electrons. The van der Waals surface area contributed by atoms with E-state index in [1.807, 2.05) is 0 Å². The number of H-pyrrole nitrogens is 2. The lowest BCUT2D eigenvalue weighted by molar-refractivity contribution is 0.131. The van der Waals surface area contributed by atoms with Gasteiger partial charge in [0.1, 0.15) is 0 Å². The van der Waals surface area contributed by atoms with Crippen LogP contribution < -0.4 is 16.4 Å². The van der Waals surface area contributed by atoms with Crippen molar-refractivity contribution in [3.8, 4) is 0 Å². The normalized spacial score (nSPS) is 12.9. The molecule has 2 aromatic rings. The highest BCUT2D eigenvalue weighted by Crippen LogP contribution is 2.19. The number of hydrogen-bond donors (Lipinski definition) is 3. The molecule has 2 rings (SSSR count). The molecule has 18 heavy (non-hydrogen) atoms. The largest absolute Gasteiger partial charge is 0.376 e. The van der Waals surface area contributed by atoms with Crippen molar-refractivity contribution in [3.05, 3.63) is 38.9 Å². The first-order valence-corrected chi connectivity index (χ1v) is 5.29. The van der Waals surface area contributed by atoms with E-state index >= 15 is 0 Å². The summed E-state index contributed by atoms with van der Waals surface area (Å²) in [5, 5.41) is 7.11. The Morgan fingerprint density at radius 2 is 1.83 bits per heavy atom. The lowest BCUT2D eigenvalue weighted by Gasteiger charge is -2.15. The minimum Gasteiger partial charge on any atom is -0.376 e. The van der Waals surface area contributed by atoms with E-state index in [1.54, 1.807) is 0 Å². The molecule has 1 heterocycles. The molecule has 1 unspecified atom stereocenters. The molecule has 0 aliphatic carbocycles. The van der Waals surface area contributed by atoms with Crippen LogP contribution in [-0.2, 0) is 0 Å². The number of rotatable bonds is 3. The fourth-order valence-corrected chi connectivity index (χ4v) is 1.66. The standard InChI is InChI=1S/C11H11F2N3O2/c1-5(9(12)13)14-7-4-2-3-6-8(7)11(18)16-15-10(6)17/h2-5,9,14H,1H3,(H,15,17)(H,16,18). The van der Waals surface area contributed by atoms with E-state index in [0.29, 0.717) is 0 Å². The Balaban J connectivity index is 2.62. The fraction of sp³-hybridized carbons (Fsp3) is 0.273. The molecular weight excluding hydrogens is 244 g/mol. The van der Waals surface area contributed by atoms with Crippen molar-refractivity contribution in [2.75, 3.05) is 5.32 Å². The van der Waals surface area contributed by atoms with Gasteiger partial charge in [0, 0.05) is 5.69 Å². The van der Waals surface area contributed by atoms with Crippen LogP contribution in [0.3, 0.4) is 0 Å². The number of aromatic amines is 2. The summed E-state index contributed by atoms with van der Waals surface area (Å²) in [6.45, 7) is 1.30. The molecule has 1 aromatic carbocycles. The molecule has 1 aromatic heterocycles. The summed E-state index contributed by atoms with van der Waals surface area (Å²) in [4.78, 5) is 23.2. The number of benzene rings is 1. The highest BCUT2D eigenvalue weighted by molar-refractivity contribution is 5.92. The van der Waals surface area contributed by atoms with Gasteiger partial charge in [0.2, 0.25) is 0 Å². The maximum atomic E-state index is 12.5. The predicted molar refractivity (Wildman–Crippen MR) is 64.3 cm³/mol. The van der Waals surface area contributed by atoms with Crippen molar-refractivity contribution in [1.29, 1.82) is 0 Å². The molecule has 7 heteroatoms. The molecule has 5 nitrogen and oxygen atoms in total. The van der Waals surface area contributed by atoms with Crippen LogP contribution in [0, 0.1) is 0 Å². The number of alkyl halides is 2. The van der Waals surface area contributed by atoms with Gasteiger partial charge in [0.15, 0.2) is 0 Å². The molecule has 96 valence electrons. The number of hydrogen-bond acceptors (Lipinski definition) is 3. The molecule has 0 saturated heterocycles. The molecule has 0 fully saturated rings. The summed E-state index contributed by atoms with van der Waals surface area (Å²) in [6, 6.07) is 3.35. The summed E-state index contributed by atoms with van der Waals surface area (Å²) in [7, 11) is 0. The Kier molecular flexibility index (Phi) is 3.14. The topological polar surface area (TPSA) is 77.8 Å². The van der Waals surface area contributed by atoms with Gasteiger partial charge in [-0.2, -0.15) is 0 Å². The molecule has 0 spiro atoms. The van der Waals surface area contributed by atoms with Gasteiger partial charge >= 0.3 is 0 Å². The zero-order valence-corrected chi connectivity index (χ0v) is 9.46. The van der Waals surface area contributed by atoms with Gasteiger partial charge in [0.05, 0.1) is 16.8 Å². The minimum absolute atomic E-state index is 0.0775. The third kappa shape index (κ3) is 2.11. The lowest BCUT2D eigenvalue weighted by atomic mass is 10.1. The maximum Gasteiger partial charge on any atom is 0.272 e. The average molecular weight is 255 g/mol. The second kappa shape index (κ2) is 4.59. The van der Waals surface area contributed by atoms with Crippen LogP contribution in [0.25, 0.3) is 10.8 Å². The van der Waals surface area contributed by atoms with E-state index in [4.69, 9.17) is 0 Å². The van der Waals surface area contributed by atoms with Crippen molar-refractivity contribution < 1.29 is 8.78 Å². The van der Waals surface area contributed by atoms with Gasteiger partial charge in [-0.05, 0) is 19.1 Å². The quantitative estimate of drug-likeness (QED) is 0.773. The third-order valence-corrected chi connectivity index (χ3v) is 2.59. The molecular formula is C11H11F2N3O2. The maximum absolute atomic E-state index is 12.5. The van der Waals surface area contributed by atoms with Crippen LogP contribution >= 0.6 is 0 Å². The summed E-state index contributed by atoms with van der Waals surface area (Å²) in [6.07, 6.45) is -2.57. The Morgan fingerprint density at radius 3 is 2.50 bits per heavy atom. The van der Waals surface area contributed by atoms with Crippen molar-refractivity contribution in [3.63, 3.8) is 0 Å². The van der Waals surface area contributed by atoms with Gasteiger partial charge in [0.25, 0.3) is 17.5 Å². The predicted octanol–water partition coefficient (Wildman–Crippen LogP) is 1.28. The Hall–Kier alpha value is -2.18. The SMILES string of the molecule is CC(Nc1cccc2c(=O)[nH][nH]c(=O)c12)C(F)F. The van der Waals surface area contributed by atoms with Gasteiger partial charge in [-0.1, -0.05) is 6.07 Å². The first-order valence-electron chi connectivity index (χ1n) is 5.29. The fourth-order valence-electron chi connectivity index (χ4n) is 1.66. The first kappa shape index (κ1) is 12.3. The lowest BCUT2D eigenvalue weighted by Crippen LogP contribution is -2.26. The molecule has 0 bridgehead atoms. The van der Waals surface area contributed by atoms with Crippen LogP contribution in [0.5, 0.6) is 0 Å². The highest BCUT2D eigenvalue weighted by Gasteiger charge is 2.16. The Labute approximate surface area is 99.8 Å². The molecule has 0 aliphatic rings. The van der Waals surface area contributed by atoms with Crippen LogP contribution in [0.1, 0.15) is 6.92 Å². The van der Waals surface area contributed by atoms with Crippen molar-refractivity contribution in [1.82, 2.24) is 10.2 Å². The second-order valence-electron chi connectivity index (χ2n) is 3.90. The van der Waals surface area contributed by atoms with E-state index in [-0.39, 0.29) is 16.5 Å². The van der Waals surface area contributed by atoms with E-state index in [0.717, 1.165) is 0 Å². The van der Waals surface area contributed by atoms with Gasteiger partial charge in [-0.3, -0.25) is 19.8 Å². The van der Waals surface area contributed by atoms with Crippen molar-refractivity contribution >= 4 is 16.5 Å². The van der Waals surface area contributed by atoms with E-state index in [2.05, 4.69) is 15.5 Å². The number of anilines is 1. The number of aromatic nitrogens is 2. The monoisotopic (exact) mass is 255 g/mol.